The second-order valence-corrected chi connectivity index (χ2v) is 6.35. The molecule has 3 rings (SSSR count). The van der Waals surface area contributed by atoms with Crippen LogP contribution in [0.4, 0.5) is 0 Å². The van der Waals surface area contributed by atoms with Crippen molar-refractivity contribution in [2.75, 3.05) is 6.61 Å². The molecule has 0 spiro atoms. The predicted molar refractivity (Wildman–Crippen MR) is 90.9 cm³/mol. The number of hydrogen-bond acceptors (Lipinski definition) is 5. The second-order valence-electron chi connectivity index (χ2n) is 6.35. The number of carboxylic acids is 1. The lowest BCUT2D eigenvalue weighted by atomic mass is 9.96. The van der Waals surface area contributed by atoms with E-state index in [2.05, 4.69) is 0 Å². The number of ether oxygens (including phenoxy) is 1. The third-order valence-electron chi connectivity index (χ3n) is 4.61. The maximum atomic E-state index is 12.1. The van der Waals surface area contributed by atoms with Gasteiger partial charge in [0, 0.05) is 5.92 Å². The van der Waals surface area contributed by atoms with Gasteiger partial charge in [0.05, 0.1) is 0 Å². The van der Waals surface area contributed by atoms with E-state index in [1.54, 1.807) is 0 Å². The topological polar surface area (TPSA) is 110 Å². The number of aliphatic carboxylic acids is 1. The van der Waals surface area contributed by atoms with Crippen molar-refractivity contribution < 1.29 is 24.5 Å². The van der Waals surface area contributed by atoms with Gasteiger partial charge in [-0.25, -0.2) is 4.79 Å². The summed E-state index contributed by atoms with van der Waals surface area (Å²) in [5.41, 5.74) is 7.59. The molecule has 25 heavy (non-hydrogen) atoms. The highest BCUT2D eigenvalue weighted by atomic mass is 16.5. The Labute approximate surface area is 144 Å². The molecule has 1 aliphatic carbocycles. The van der Waals surface area contributed by atoms with Crippen molar-refractivity contribution in [3.8, 4) is 11.1 Å². The molecule has 2 atom stereocenters. The van der Waals surface area contributed by atoms with Crippen LogP contribution in [0.15, 0.2) is 48.5 Å². The van der Waals surface area contributed by atoms with Gasteiger partial charge in [0.25, 0.3) is 0 Å². The minimum absolute atomic E-state index is 0.000378. The van der Waals surface area contributed by atoms with Crippen LogP contribution in [-0.2, 0) is 14.3 Å². The number of benzene rings is 2. The fraction of sp³-hybridized carbons (Fsp3) is 0.263. The van der Waals surface area contributed by atoms with Crippen LogP contribution in [0, 0.1) is 0 Å². The molecule has 0 fully saturated rings. The van der Waals surface area contributed by atoms with Crippen molar-refractivity contribution in [3.05, 3.63) is 59.7 Å². The first-order chi connectivity index (χ1) is 11.8. The van der Waals surface area contributed by atoms with Gasteiger partial charge in [-0.15, -0.1) is 0 Å². The van der Waals surface area contributed by atoms with Gasteiger partial charge in [-0.1, -0.05) is 48.5 Å². The molecule has 2 aromatic rings. The summed E-state index contributed by atoms with van der Waals surface area (Å²) < 4.78 is 5.21. The number of carboxylic acid groups (broad SMARTS) is 1. The summed E-state index contributed by atoms with van der Waals surface area (Å²) in [6, 6.07) is 15.7. The second kappa shape index (κ2) is 6.31. The van der Waals surface area contributed by atoms with E-state index in [0.717, 1.165) is 29.2 Å². The van der Waals surface area contributed by atoms with E-state index < -0.39 is 23.6 Å². The van der Waals surface area contributed by atoms with Crippen LogP contribution in [-0.4, -0.2) is 40.4 Å². The first-order valence-corrected chi connectivity index (χ1v) is 7.89. The predicted octanol–water partition coefficient (Wildman–Crippen LogP) is 1.51. The Morgan fingerprint density at radius 3 is 2.08 bits per heavy atom. The highest BCUT2D eigenvalue weighted by Gasteiger charge is 2.42. The molecule has 0 aliphatic heterocycles. The highest BCUT2D eigenvalue weighted by molar-refractivity contribution is 5.88. The molecule has 4 N–H and O–H groups in total. The quantitative estimate of drug-likeness (QED) is 0.711. The van der Waals surface area contributed by atoms with E-state index in [4.69, 9.17) is 15.6 Å². The highest BCUT2D eigenvalue weighted by Crippen LogP contribution is 2.44. The Morgan fingerprint density at radius 2 is 1.60 bits per heavy atom. The number of rotatable bonds is 5. The third kappa shape index (κ3) is 2.90. The number of carbonyl (C=O) groups is 2. The molecule has 1 aliphatic rings. The van der Waals surface area contributed by atoms with Crippen molar-refractivity contribution in [2.24, 2.45) is 5.73 Å². The van der Waals surface area contributed by atoms with Crippen molar-refractivity contribution in [3.63, 3.8) is 0 Å². The lowest BCUT2D eigenvalue weighted by Gasteiger charge is -2.24. The van der Waals surface area contributed by atoms with Gasteiger partial charge >= 0.3 is 11.9 Å². The Kier molecular flexibility index (Phi) is 4.32. The number of carbonyl (C=O) groups excluding carboxylic acids is 1. The summed E-state index contributed by atoms with van der Waals surface area (Å²) in [5, 5.41) is 18.9. The van der Waals surface area contributed by atoms with Gasteiger partial charge in [-0.2, -0.15) is 0 Å². The summed E-state index contributed by atoms with van der Waals surface area (Å²) >= 11 is 0. The maximum Gasteiger partial charge on any atom is 0.337 e. The van der Waals surface area contributed by atoms with E-state index in [1.807, 2.05) is 48.5 Å². The van der Waals surface area contributed by atoms with Gasteiger partial charge < -0.3 is 20.7 Å². The van der Waals surface area contributed by atoms with Gasteiger partial charge in [0.1, 0.15) is 12.1 Å². The minimum atomic E-state index is -2.11. The molecule has 0 saturated carbocycles. The van der Waals surface area contributed by atoms with Crippen LogP contribution in [0.3, 0.4) is 0 Å². The van der Waals surface area contributed by atoms with Crippen molar-refractivity contribution in [2.45, 2.75) is 24.5 Å². The average molecular weight is 341 g/mol. The van der Waals surface area contributed by atoms with E-state index in [0.29, 0.717) is 0 Å². The van der Waals surface area contributed by atoms with Crippen LogP contribution in [0.2, 0.25) is 0 Å². The molecule has 0 heterocycles. The fourth-order valence-electron chi connectivity index (χ4n) is 3.05. The molecule has 130 valence electrons. The first-order valence-electron chi connectivity index (χ1n) is 7.89. The smallest absolute Gasteiger partial charge is 0.337 e. The number of aliphatic hydroxyl groups is 1. The molecule has 0 radical (unpaired) electrons. The van der Waals surface area contributed by atoms with Crippen LogP contribution >= 0.6 is 0 Å². The minimum Gasteiger partial charge on any atom is -0.480 e. The maximum absolute atomic E-state index is 12.1. The molecule has 6 heteroatoms. The largest absolute Gasteiger partial charge is 0.480 e. The van der Waals surface area contributed by atoms with Crippen molar-refractivity contribution >= 4 is 11.9 Å². The van der Waals surface area contributed by atoms with E-state index in [9.17, 15) is 14.7 Å². The summed E-state index contributed by atoms with van der Waals surface area (Å²) in [6.07, 6.45) is -1.95. The monoisotopic (exact) mass is 341 g/mol. The molecular formula is C19H19NO5. The lowest BCUT2D eigenvalue weighted by molar-refractivity contribution is -0.165. The molecule has 2 aromatic carbocycles. The van der Waals surface area contributed by atoms with Gasteiger partial charge in [0.2, 0.25) is 0 Å². The van der Waals surface area contributed by atoms with Crippen LogP contribution in [0.5, 0.6) is 0 Å². The Morgan fingerprint density at radius 1 is 1.12 bits per heavy atom. The van der Waals surface area contributed by atoms with Crippen LogP contribution in [0.25, 0.3) is 11.1 Å². The van der Waals surface area contributed by atoms with Crippen LogP contribution < -0.4 is 5.73 Å². The molecule has 0 bridgehead atoms. The number of hydrogen-bond donors (Lipinski definition) is 3. The number of nitrogens with two attached hydrogens (primary N) is 1. The normalized spacial score (nSPS) is 16.4. The Balaban J connectivity index is 1.80. The molecular weight excluding hydrogens is 322 g/mol. The van der Waals surface area contributed by atoms with Gasteiger partial charge in [0.15, 0.2) is 6.10 Å². The third-order valence-corrected chi connectivity index (χ3v) is 4.61. The Hall–Kier alpha value is -2.70. The van der Waals surface area contributed by atoms with E-state index in [-0.39, 0.29) is 12.5 Å². The molecule has 0 amide bonds. The molecule has 0 aromatic heterocycles. The molecule has 0 saturated heterocycles. The summed E-state index contributed by atoms with van der Waals surface area (Å²) in [4.78, 5) is 23.1. The zero-order valence-corrected chi connectivity index (χ0v) is 13.7. The SMILES string of the molecule is C[C@](N)(C(=O)O)C(O)C(=O)OCC1c2ccccc2-c2ccccc21. The fourth-order valence-corrected chi connectivity index (χ4v) is 3.05. The number of fused-ring (bicyclic) bond motifs is 3. The summed E-state index contributed by atoms with van der Waals surface area (Å²) in [7, 11) is 0. The average Bonchev–Trinajstić information content (AvgIpc) is 2.93. The molecule has 1 unspecified atom stereocenters. The lowest BCUT2D eigenvalue weighted by Crippen LogP contribution is -2.58. The van der Waals surface area contributed by atoms with E-state index >= 15 is 0 Å². The standard InChI is InChI=1S/C19H19NO5/c1-19(20,18(23)24)16(21)17(22)25-10-15-13-8-4-2-6-11(13)12-7-3-5-9-14(12)15/h2-9,15-16,21H,10,20H2,1H3,(H,23,24)/t16?,19-/m1/s1. The van der Waals surface area contributed by atoms with Gasteiger partial charge in [-0.05, 0) is 29.2 Å². The van der Waals surface area contributed by atoms with Crippen molar-refractivity contribution in [1.82, 2.24) is 0 Å². The molecule has 6 nitrogen and oxygen atoms in total. The van der Waals surface area contributed by atoms with Crippen LogP contribution in [0.1, 0.15) is 24.0 Å². The first kappa shape index (κ1) is 17.1. The summed E-state index contributed by atoms with van der Waals surface area (Å²) in [6.45, 7) is 1.07. The summed E-state index contributed by atoms with van der Waals surface area (Å²) in [5.74, 6) is -2.69. The Bertz CT molecular complexity index is 785. The number of esters is 1. The van der Waals surface area contributed by atoms with Crippen molar-refractivity contribution in [1.29, 1.82) is 0 Å². The van der Waals surface area contributed by atoms with Gasteiger partial charge in [-0.3, -0.25) is 4.79 Å². The van der Waals surface area contributed by atoms with E-state index in [1.165, 1.54) is 0 Å². The zero-order chi connectivity index (χ0) is 18.2. The number of aliphatic hydroxyl groups excluding tert-OH is 1. The zero-order valence-electron chi connectivity index (χ0n) is 13.7.